The molecule has 396 valence electrons. The lowest BCUT2D eigenvalue weighted by molar-refractivity contribution is -0.537. The van der Waals surface area contributed by atoms with E-state index in [1.165, 1.54) is 98.0 Å². The number of ketones is 1. The van der Waals surface area contributed by atoms with Gasteiger partial charge in [0.2, 0.25) is 17.4 Å². The maximum absolute atomic E-state index is 17.5. The van der Waals surface area contributed by atoms with Gasteiger partial charge in [-0.15, -0.1) is 0 Å². The van der Waals surface area contributed by atoms with Crippen LogP contribution in [0.15, 0.2) is 0 Å². The van der Waals surface area contributed by atoms with Crippen molar-refractivity contribution in [2.45, 2.75) is 221 Å². The summed E-state index contributed by atoms with van der Waals surface area (Å²) in [7, 11) is 8.30. The Morgan fingerprint density at radius 1 is 0.318 bits per heavy atom. The Labute approximate surface area is 398 Å². The van der Waals surface area contributed by atoms with Gasteiger partial charge in [0.15, 0.2) is 11.2 Å². The molecule has 0 fully saturated rings. The molecule has 0 aliphatic carbocycles. The summed E-state index contributed by atoms with van der Waals surface area (Å²) >= 11 is 0. The average molecular weight is 963 g/mol. The monoisotopic (exact) mass is 963 g/mol. The van der Waals surface area contributed by atoms with Crippen molar-refractivity contribution in [3.05, 3.63) is 0 Å². The van der Waals surface area contributed by atoms with Crippen LogP contribution in [-0.2, 0) is 90.1 Å². The molecule has 0 saturated heterocycles. The molecular formula is C47H94O19. The van der Waals surface area contributed by atoms with Crippen LogP contribution in [0.2, 0.25) is 0 Å². The highest BCUT2D eigenvalue weighted by atomic mass is 17.0. The molecule has 0 spiro atoms. The van der Waals surface area contributed by atoms with E-state index in [4.69, 9.17) is 85.3 Å². The van der Waals surface area contributed by atoms with Gasteiger partial charge in [-0.2, -0.15) is 0 Å². The van der Waals surface area contributed by atoms with Gasteiger partial charge in [0.05, 0.1) is 0 Å². The Hall–Kier alpha value is -1.05. The molecule has 0 bridgehead atoms. The number of hydrogen-bond acceptors (Lipinski definition) is 19. The van der Waals surface area contributed by atoms with Gasteiger partial charge in [-0.3, -0.25) is 23.7 Å². The fourth-order valence-electron chi connectivity index (χ4n) is 7.67. The maximum atomic E-state index is 17.5. The SMILES string of the molecule is CCCCCC(OC(C)(OC)OCC)(OC(C)(OC)OCC)C(C)(OC(C)(OC)OCC)C(=O)C(C)(OC(C)(OC)OCC)C(CCCCC)(OC(C)(OC)OCC)OC(C)(OC)OCC. The molecule has 66 heavy (non-hydrogen) atoms. The maximum Gasteiger partial charge on any atom is 0.282 e. The number of hydrogen-bond donors (Lipinski definition) is 0. The van der Waals surface area contributed by atoms with Crippen molar-refractivity contribution in [2.75, 3.05) is 82.3 Å². The van der Waals surface area contributed by atoms with Crippen molar-refractivity contribution < 1.29 is 90.1 Å². The molecule has 8 unspecified atom stereocenters. The summed E-state index contributed by atoms with van der Waals surface area (Å²) in [6.07, 6.45) is 3.30. The number of unbranched alkanes of at least 4 members (excludes halogenated alkanes) is 4. The Balaban J connectivity index is 10.1. The summed E-state index contributed by atoms with van der Waals surface area (Å²) in [6, 6.07) is 0. The molecule has 8 atom stereocenters. The van der Waals surface area contributed by atoms with Crippen molar-refractivity contribution in [3.8, 4) is 0 Å². The first-order valence-corrected chi connectivity index (χ1v) is 23.6. The quantitative estimate of drug-likeness (QED) is 0.0417. The molecule has 0 radical (unpaired) electrons. The number of carbonyl (C=O) groups excluding carboxylic acids is 1. The smallest absolute Gasteiger partial charge is 0.282 e. The lowest BCUT2D eigenvalue weighted by atomic mass is 9.73. The third-order valence-corrected chi connectivity index (χ3v) is 11.4. The molecule has 0 aliphatic rings. The molecule has 0 aromatic carbocycles. The lowest BCUT2D eigenvalue weighted by Gasteiger charge is -2.58. The summed E-state index contributed by atoms with van der Waals surface area (Å²) < 4.78 is 116. The van der Waals surface area contributed by atoms with Gasteiger partial charge >= 0.3 is 0 Å². The third kappa shape index (κ3) is 17.1. The highest BCUT2D eigenvalue weighted by Crippen LogP contribution is 2.53. The van der Waals surface area contributed by atoms with Crippen LogP contribution in [0, 0.1) is 0 Å². The van der Waals surface area contributed by atoms with Crippen LogP contribution in [0.1, 0.15) is 162 Å². The Morgan fingerprint density at radius 2 is 0.515 bits per heavy atom. The zero-order valence-corrected chi connectivity index (χ0v) is 45.2. The van der Waals surface area contributed by atoms with E-state index < -0.39 is 64.4 Å². The molecule has 0 amide bonds. The third-order valence-electron chi connectivity index (χ3n) is 11.4. The molecular weight excluding hydrogens is 868 g/mol. The van der Waals surface area contributed by atoms with Gasteiger partial charge in [0.1, 0.15) is 0 Å². The van der Waals surface area contributed by atoms with E-state index in [1.54, 1.807) is 41.5 Å². The first-order valence-electron chi connectivity index (χ1n) is 23.6. The van der Waals surface area contributed by atoms with Gasteiger partial charge < -0.3 is 66.3 Å². The summed E-state index contributed by atoms with van der Waals surface area (Å²) in [6.45, 7) is 27.2. The van der Waals surface area contributed by atoms with Gasteiger partial charge in [0.25, 0.3) is 35.8 Å². The molecule has 0 rings (SSSR count). The first kappa shape index (κ1) is 65.0. The number of rotatable bonds is 42. The summed E-state index contributed by atoms with van der Waals surface area (Å²) in [5.41, 5.74) is -5.12. The highest BCUT2D eigenvalue weighted by Gasteiger charge is 2.74. The molecule has 19 heteroatoms. The van der Waals surface area contributed by atoms with E-state index in [9.17, 15) is 0 Å². The molecule has 0 N–H and O–H groups in total. The van der Waals surface area contributed by atoms with E-state index in [-0.39, 0.29) is 52.5 Å². The van der Waals surface area contributed by atoms with Crippen LogP contribution in [0.25, 0.3) is 0 Å². The standard InChI is InChI=1S/C47H94O19/c1-23-31-33-35-46(63-42(13,51-19)57-27-5,64-43(14,52-20)58-28-6)38(9,61-40(11,49-17)55-25-3)37(48)39(10,62-41(12,50-18)56-26-4)47(36-34-32-24-2,65-44(15,53-21)59-29-7)66-45(16,54-22)60-30-8/h23-36H2,1-22H3. The summed E-state index contributed by atoms with van der Waals surface area (Å²) in [4.78, 5) is 17.5. The number of Topliss-reactive ketones (excluding diaryl/α,β-unsaturated/α-hetero) is 1. The molecule has 0 heterocycles. The molecule has 19 nitrogen and oxygen atoms in total. The van der Waals surface area contributed by atoms with Crippen LogP contribution in [0.5, 0.6) is 0 Å². The number of methoxy groups -OCH3 is 6. The normalized spacial score (nSPS) is 21.7. The first-order chi connectivity index (χ1) is 30.7. The predicted molar refractivity (Wildman–Crippen MR) is 244 cm³/mol. The second kappa shape index (κ2) is 28.7. The second-order valence-corrected chi connectivity index (χ2v) is 16.4. The molecule has 0 aromatic rings. The van der Waals surface area contributed by atoms with E-state index in [2.05, 4.69) is 0 Å². The van der Waals surface area contributed by atoms with Crippen molar-refractivity contribution in [3.63, 3.8) is 0 Å². The zero-order valence-electron chi connectivity index (χ0n) is 45.2. The minimum Gasteiger partial charge on any atom is -0.331 e. The minimum absolute atomic E-state index is 0.0662. The Bertz CT molecular complexity index is 1210. The molecule has 0 aliphatic heterocycles. The van der Waals surface area contributed by atoms with Crippen LogP contribution in [-0.4, -0.2) is 147 Å². The number of ether oxygens (including phenoxy) is 18. The summed E-state index contributed by atoms with van der Waals surface area (Å²) in [5, 5.41) is 0. The molecule has 0 aromatic heterocycles. The van der Waals surface area contributed by atoms with E-state index in [1.807, 2.05) is 13.8 Å². The fourth-order valence-corrected chi connectivity index (χ4v) is 7.67. The topological polar surface area (TPSA) is 183 Å². The van der Waals surface area contributed by atoms with Crippen LogP contribution >= 0.6 is 0 Å². The van der Waals surface area contributed by atoms with Gasteiger partial charge in [-0.1, -0.05) is 39.5 Å². The van der Waals surface area contributed by atoms with E-state index in [0.717, 1.165) is 12.8 Å². The zero-order chi connectivity index (χ0) is 51.2. The van der Waals surface area contributed by atoms with Crippen molar-refractivity contribution >= 4 is 5.78 Å². The van der Waals surface area contributed by atoms with E-state index in [0.29, 0.717) is 25.7 Å². The van der Waals surface area contributed by atoms with Gasteiger partial charge in [0, 0.05) is 137 Å². The van der Waals surface area contributed by atoms with Crippen LogP contribution in [0.3, 0.4) is 0 Å². The minimum atomic E-state index is -2.56. The average Bonchev–Trinajstić information content (AvgIpc) is 3.26. The second-order valence-electron chi connectivity index (χ2n) is 16.4. The van der Waals surface area contributed by atoms with Gasteiger partial charge in [-0.05, 0) is 68.2 Å². The van der Waals surface area contributed by atoms with Crippen molar-refractivity contribution in [1.82, 2.24) is 0 Å². The van der Waals surface area contributed by atoms with Crippen LogP contribution in [0.4, 0.5) is 0 Å². The van der Waals surface area contributed by atoms with Crippen molar-refractivity contribution in [1.29, 1.82) is 0 Å². The summed E-state index contributed by atoms with van der Waals surface area (Å²) in [5.74, 6) is -17.6. The fraction of sp³-hybridized carbons (Fsp3) is 0.979. The number of carbonyl (C=O) groups is 1. The predicted octanol–water partition coefficient (Wildman–Crippen LogP) is 8.87. The Morgan fingerprint density at radius 3 is 0.682 bits per heavy atom. The van der Waals surface area contributed by atoms with Crippen LogP contribution < -0.4 is 0 Å². The highest BCUT2D eigenvalue weighted by molar-refractivity contribution is 5.96. The van der Waals surface area contributed by atoms with E-state index >= 15 is 4.79 Å². The van der Waals surface area contributed by atoms with Gasteiger partial charge in [-0.25, -0.2) is 0 Å². The Kier molecular flexibility index (Phi) is 28.3. The lowest BCUT2D eigenvalue weighted by Crippen LogP contribution is -2.78. The molecule has 0 saturated carbocycles. The largest absolute Gasteiger partial charge is 0.331 e. The van der Waals surface area contributed by atoms with Crippen molar-refractivity contribution in [2.24, 2.45) is 0 Å².